The topological polar surface area (TPSA) is 33.0 Å². The predicted octanol–water partition coefficient (Wildman–Crippen LogP) is 2.71. The van der Waals surface area contributed by atoms with Gasteiger partial charge in [-0.3, -0.25) is 0 Å². The van der Waals surface area contributed by atoms with E-state index in [-0.39, 0.29) is 6.10 Å². The second-order valence-corrected chi connectivity index (χ2v) is 3.35. The Morgan fingerprint density at radius 2 is 2.50 bits per heavy atom. The van der Waals surface area contributed by atoms with E-state index in [9.17, 15) is 0 Å². The maximum absolute atomic E-state index is 8.73. The van der Waals surface area contributed by atoms with Crippen molar-refractivity contribution in [3.63, 3.8) is 0 Å². The van der Waals surface area contributed by atoms with Crippen LogP contribution in [0.5, 0.6) is 0 Å². The highest BCUT2D eigenvalue weighted by Gasteiger charge is 2.21. The first-order valence-corrected chi connectivity index (χ1v) is 4.60. The molecule has 0 aromatic heterocycles. The Morgan fingerprint density at radius 1 is 1.64 bits per heavy atom. The van der Waals surface area contributed by atoms with Crippen molar-refractivity contribution in [3.8, 4) is 6.07 Å². The lowest BCUT2D eigenvalue weighted by Crippen LogP contribution is -1.93. The van der Waals surface area contributed by atoms with Crippen LogP contribution in [-0.4, -0.2) is 0 Å². The van der Waals surface area contributed by atoms with Crippen LogP contribution in [-0.2, 0) is 11.3 Å². The first kappa shape index (κ1) is 8.98. The molecule has 1 unspecified atom stereocenters. The maximum Gasteiger partial charge on any atom is 0.0991 e. The van der Waals surface area contributed by atoms with Crippen LogP contribution in [0.3, 0.4) is 0 Å². The molecule has 0 saturated carbocycles. The molecule has 0 saturated heterocycles. The van der Waals surface area contributed by atoms with Crippen molar-refractivity contribution < 1.29 is 4.74 Å². The minimum absolute atomic E-state index is 0.134. The van der Waals surface area contributed by atoms with E-state index in [1.54, 1.807) is 0 Å². The van der Waals surface area contributed by atoms with Crippen LogP contribution in [0.4, 0.5) is 0 Å². The smallest absolute Gasteiger partial charge is 0.0991 e. The molecule has 0 amide bonds. The zero-order valence-electron chi connectivity index (χ0n) is 7.86. The van der Waals surface area contributed by atoms with Crippen molar-refractivity contribution in [1.29, 1.82) is 5.26 Å². The maximum atomic E-state index is 8.73. The Labute approximate surface area is 83.4 Å². The fourth-order valence-corrected chi connectivity index (χ4v) is 1.74. The zero-order chi connectivity index (χ0) is 9.97. The lowest BCUT2D eigenvalue weighted by atomic mass is 10.0. The van der Waals surface area contributed by atoms with E-state index in [0.29, 0.717) is 12.2 Å². The van der Waals surface area contributed by atoms with Crippen LogP contribution in [0.1, 0.15) is 29.2 Å². The first-order chi connectivity index (χ1) is 6.85. The average Bonchev–Trinajstić information content (AvgIpc) is 2.61. The number of nitriles is 1. The van der Waals surface area contributed by atoms with Gasteiger partial charge in [0.05, 0.1) is 24.3 Å². The van der Waals surface area contributed by atoms with Crippen molar-refractivity contribution in [2.75, 3.05) is 0 Å². The molecule has 2 rings (SSSR count). The molecule has 1 atom stereocenters. The summed E-state index contributed by atoms with van der Waals surface area (Å²) >= 11 is 0. The molecule has 0 spiro atoms. The molecule has 0 N–H and O–H groups in total. The van der Waals surface area contributed by atoms with Crippen molar-refractivity contribution in [3.05, 3.63) is 47.5 Å². The molecule has 2 nitrogen and oxygen atoms in total. The molecule has 1 aromatic rings. The van der Waals surface area contributed by atoms with Crippen LogP contribution in [0.15, 0.2) is 30.9 Å². The number of hydrogen-bond acceptors (Lipinski definition) is 2. The van der Waals surface area contributed by atoms with Crippen molar-refractivity contribution in [1.82, 2.24) is 0 Å². The molecule has 1 heterocycles. The van der Waals surface area contributed by atoms with E-state index >= 15 is 0 Å². The van der Waals surface area contributed by atoms with Gasteiger partial charge in [-0.1, -0.05) is 12.1 Å². The van der Waals surface area contributed by atoms with E-state index in [4.69, 9.17) is 10.00 Å². The van der Waals surface area contributed by atoms with E-state index in [0.717, 1.165) is 12.0 Å². The molecule has 0 aliphatic carbocycles. The number of benzene rings is 1. The number of rotatable bonds is 2. The monoisotopic (exact) mass is 185 g/mol. The van der Waals surface area contributed by atoms with Gasteiger partial charge in [-0.25, -0.2) is 0 Å². The third-order valence-electron chi connectivity index (χ3n) is 2.44. The SMILES string of the molecule is C=CCC1OCc2cc(C#N)ccc21. The molecule has 14 heavy (non-hydrogen) atoms. The van der Waals surface area contributed by atoms with Crippen molar-refractivity contribution in [2.24, 2.45) is 0 Å². The molecule has 2 heteroatoms. The first-order valence-electron chi connectivity index (χ1n) is 4.60. The molecule has 1 aliphatic rings. The van der Waals surface area contributed by atoms with Crippen LogP contribution in [0.2, 0.25) is 0 Å². The van der Waals surface area contributed by atoms with Crippen LogP contribution >= 0.6 is 0 Å². The Hall–Kier alpha value is -1.59. The fraction of sp³-hybridized carbons (Fsp3) is 0.250. The highest BCUT2D eigenvalue weighted by Crippen LogP contribution is 2.33. The molecule has 70 valence electrons. The molecule has 1 aromatic carbocycles. The van der Waals surface area contributed by atoms with Crippen molar-refractivity contribution in [2.45, 2.75) is 19.1 Å². The van der Waals surface area contributed by atoms with Gasteiger partial charge in [0.1, 0.15) is 0 Å². The number of nitrogens with zero attached hydrogens (tertiary/aromatic N) is 1. The third-order valence-corrected chi connectivity index (χ3v) is 2.44. The summed E-state index contributed by atoms with van der Waals surface area (Å²) in [5.74, 6) is 0. The van der Waals surface area contributed by atoms with E-state index < -0.39 is 0 Å². The summed E-state index contributed by atoms with van der Waals surface area (Å²) < 4.78 is 5.58. The fourth-order valence-electron chi connectivity index (χ4n) is 1.74. The summed E-state index contributed by atoms with van der Waals surface area (Å²) in [5.41, 5.74) is 3.03. The second kappa shape index (κ2) is 3.65. The van der Waals surface area contributed by atoms with E-state index in [1.807, 2.05) is 24.3 Å². The Bertz CT molecular complexity index is 403. The lowest BCUT2D eigenvalue weighted by Gasteiger charge is -2.07. The average molecular weight is 185 g/mol. The predicted molar refractivity (Wildman–Crippen MR) is 53.5 cm³/mol. The number of ether oxygens (including phenoxy) is 1. The summed E-state index contributed by atoms with van der Waals surface area (Å²) in [6.45, 7) is 4.31. The quantitative estimate of drug-likeness (QED) is 0.663. The standard InChI is InChI=1S/C12H11NO/c1-2-3-12-11-5-4-9(7-13)6-10(11)8-14-12/h2,4-6,12H,1,3,8H2. The van der Waals surface area contributed by atoms with E-state index in [2.05, 4.69) is 12.6 Å². The zero-order valence-corrected chi connectivity index (χ0v) is 7.86. The van der Waals surface area contributed by atoms with Gasteiger partial charge >= 0.3 is 0 Å². The van der Waals surface area contributed by atoms with Gasteiger partial charge in [-0.2, -0.15) is 5.26 Å². The van der Waals surface area contributed by atoms with Crippen molar-refractivity contribution >= 4 is 0 Å². The summed E-state index contributed by atoms with van der Waals surface area (Å²) in [4.78, 5) is 0. The minimum Gasteiger partial charge on any atom is -0.369 e. The van der Waals surface area contributed by atoms with Gasteiger partial charge in [-0.15, -0.1) is 6.58 Å². The Kier molecular flexibility index (Phi) is 2.34. The van der Waals surface area contributed by atoms with Crippen LogP contribution in [0.25, 0.3) is 0 Å². The molecular weight excluding hydrogens is 174 g/mol. The molecule has 1 aliphatic heterocycles. The summed E-state index contributed by atoms with van der Waals surface area (Å²) in [6.07, 6.45) is 2.83. The van der Waals surface area contributed by atoms with Gasteiger partial charge in [0.25, 0.3) is 0 Å². The number of fused-ring (bicyclic) bond motifs is 1. The van der Waals surface area contributed by atoms with Crippen LogP contribution < -0.4 is 0 Å². The Balaban J connectivity index is 2.34. The highest BCUT2D eigenvalue weighted by molar-refractivity contribution is 5.40. The van der Waals surface area contributed by atoms with Crippen LogP contribution in [0, 0.1) is 11.3 Å². The molecule has 0 bridgehead atoms. The van der Waals surface area contributed by atoms with Gasteiger partial charge in [0, 0.05) is 0 Å². The normalized spacial score (nSPS) is 18.6. The molecular formula is C12H11NO. The van der Waals surface area contributed by atoms with Gasteiger partial charge in [0.15, 0.2) is 0 Å². The van der Waals surface area contributed by atoms with Gasteiger partial charge in [0.2, 0.25) is 0 Å². The highest BCUT2D eigenvalue weighted by atomic mass is 16.5. The summed E-state index contributed by atoms with van der Waals surface area (Å²) in [6, 6.07) is 7.85. The number of hydrogen-bond donors (Lipinski definition) is 0. The molecule has 0 fully saturated rings. The third kappa shape index (κ3) is 1.43. The molecule has 0 radical (unpaired) electrons. The largest absolute Gasteiger partial charge is 0.369 e. The van der Waals surface area contributed by atoms with E-state index in [1.165, 1.54) is 5.56 Å². The second-order valence-electron chi connectivity index (χ2n) is 3.35. The summed E-state index contributed by atoms with van der Waals surface area (Å²) in [5, 5.41) is 8.73. The Morgan fingerprint density at radius 3 is 3.21 bits per heavy atom. The summed E-state index contributed by atoms with van der Waals surface area (Å²) in [7, 11) is 0. The lowest BCUT2D eigenvalue weighted by molar-refractivity contribution is 0.0685. The van der Waals surface area contributed by atoms with Gasteiger partial charge < -0.3 is 4.74 Å². The minimum atomic E-state index is 0.134. The van der Waals surface area contributed by atoms with Gasteiger partial charge in [-0.05, 0) is 29.7 Å².